The lowest BCUT2D eigenvalue weighted by Crippen LogP contribution is -2.54. The summed E-state index contributed by atoms with van der Waals surface area (Å²) >= 11 is 0. The van der Waals surface area contributed by atoms with Crippen LogP contribution in [0.4, 0.5) is 26.3 Å². The van der Waals surface area contributed by atoms with Crippen molar-refractivity contribution in [1.82, 2.24) is 0 Å². The first kappa shape index (κ1) is 43.3. The highest BCUT2D eigenvalue weighted by molar-refractivity contribution is 6.09. The van der Waals surface area contributed by atoms with Crippen molar-refractivity contribution in [1.29, 1.82) is 0 Å². The van der Waals surface area contributed by atoms with Gasteiger partial charge in [0.2, 0.25) is 5.41 Å². The van der Waals surface area contributed by atoms with E-state index in [-0.39, 0.29) is 11.2 Å². The summed E-state index contributed by atoms with van der Waals surface area (Å²) in [5.41, 5.74) is 4.68. The van der Waals surface area contributed by atoms with E-state index in [0.717, 1.165) is 35.4 Å². The maximum Gasteiger partial charge on any atom is 0.411 e. The summed E-state index contributed by atoms with van der Waals surface area (Å²) in [4.78, 5) is 12.1. The average molecular weight is 767 g/mol. The Bertz CT molecular complexity index is 2000. The molecule has 0 fully saturated rings. The summed E-state index contributed by atoms with van der Waals surface area (Å²) in [5.74, 6) is 0.0833. The highest BCUT2D eigenvalue weighted by Crippen LogP contribution is 2.56. The Hall–Kier alpha value is -5.43. The van der Waals surface area contributed by atoms with Crippen molar-refractivity contribution in [3.63, 3.8) is 0 Å². The van der Waals surface area contributed by atoms with Crippen molar-refractivity contribution >= 4 is 5.78 Å². The molecular formula is C49H48F6O. The lowest BCUT2D eigenvalue weighted by molar-refractivity contribution is -0.288. The Morgan fingerprint density at radius 1 is 0.339 bits per heavy atom. The van der Waals surface area contributed by atoms with Crippen molar-refractivity contribution in [2.24, 2.45) is 0 Å². The Kier molecular flexibility index (Phi) is 13.6. The van der Waals surface area contributed by atoms with Gasteiger partial charge in [-0.25, -0.2) is 0 Å². The molecule has 0 atom stereocenters. The van der Waals surface area contributed by atoms with E-state index in [1.807, 2.05) is 62.4 Å². The van der Waals surface area contributed by atoms with Crippen LogP contribution < -0.4 is 0 Å². The number of alkyl halides is 6. The monoisotopic (exact) mass is 766 g/mol. The molecule has 0 radical (unpaired) electrons. The summed E-state index contributed by atoms with van der Waals surface area (Å²) in [6.45, 7) is 16.0. The van der Waals surface area contributed by atoms with Gasteiger partial charge in [-0.2, -0.15) is 26.3 Å². The topological polar surface area (TPSA) is 17.1 Å². The number of ketones is 1. The fraction of sp³-hybridized carbons (Fsp3) is 0.245. The van der Waals surface area contributed by atoms with Crippen LogP contribution in [0.25, 0.3) is 0 Å². The maximum absolute atomic E-state index is 13.7. The highest BCUT2D eigenvalue weighted by atomic mass is 19.4. The molecule has 1 nitrogen and oxygen atoms in total. The van der Waals surface area contributed by atoms with Crippen LogP contribution in [0.5, 0.6) is 0 Å². The molecule has 0 heterocycles. The van der Waals surface area contributed by atoms with E-state index in [1.54, 1.807) is 13.8 Å². The van der Waals surface area contributed by atoms with Crippen LogP contribution in [-0.4, -0.2) is 18.1 Å². The zero-order valence-electron chi connectivity index (χ0n) is 33.0. The molecule has 0 saturated heterocycles. The molecule has 0 spiro atoms. The Morgan fingerprint density at radius 2 is 0.536 bits per heavy atom. The summed E-state index contributed by atoms with van der Waals surface area (Å²) in [6, 6.07) is 41.5. The molecule has 0 unspecified atom stereocenters. The van der Waals surface area contributed by atoms with Crippen LogP contribution in [0.15, 0.2) is 146 Å². The van der Waals surface area contributed by atoms with Crippen LogP contribution in [0.2, 0.25) is 0 Å². The van der Waals surface area contributed by atoms with Crippen LogP contribution in [0, 0.1) is 41.5 Å². The number of benzene rings is 6. The standard InChI is InChI=1S/C17H14F6.C17H20.C15H14O/c1-11-3-7-13(8-4-11)15(16(18,19)20,17(21,22)23)14-9-5-12(2)6-10-14;1-13-5-9-15(10-6-13)17(3,4)16-11-7-14(2)8-12-16;1-11-3-7-13(8-4-11)15(16)14-9-5-12(2)6-10-14/h3-10H,1-2H3;5-12H,1-4H3;3-10H,1-2H3. The fourth-order valence-electron chi connectivity index (χ4n) is 6.27. The Morgan fingerprint density at radius 3 is 0.750 bits per heavy atom. The summed E-state index contributed by atoms with van der Waals surface area (Å²) in [6.07, 6.45) is -11.1. The summed E-state index contributed by atoms with van der Waals surface area (Å²) < 4.78 is 82.3. The van der Waals surface area contributed by atoms with Gasteiger partial charge in [-0.05, 0) is 63.8 Å². The third kappa shape index (κ3) is 10.1. The number of hydrogen-bond acceptors (Lipinski definition) is 1. The van der Waals surface area contributed by atoms with Gasteiger partial charge in [-0.15, -0.1) is 0 Å². The predicted molar refractivity (Wildman–Crippen MR) is 216 cm³/mol. The molecule has 0 aromatic heterocycles. The van der Waals surface area contributed by atoms with Crippen molar-refractivity contribution in [3.05, 3.63) is 212 Å². The van der Waals surface area contributed by atoms with Gasteiger partial charge in [0.25, 0.3) is 0 Å². The molecular weight excluding hydrogens is 719 g/mol. The van der Waals surface area contributed by atoms with Gasteiger partial charge < -0.3 is 0 Å². The van der Waals surface area contributed by atoms with Crippen LogP contribution >= 0.6 is 0 Å². The number of carbonyl (C=O) groups excluding carboxylic acids is 1. The molecule has 6 aromatic carbocycles. The minimum absolute atomic E-state index is 0.0708. The second kappa shape index (κ2) is 17.6. The second-order valence-corrected chi connectivity index (χ2v) is 14.9. The van der Waals surface area contributed by atoms with E-state index in [1.165, 1.54) is 57.6 Å². The highest BCUT2D eigenvalue weighted by Gasteiger charge is 2.72. The molecule has 0 amide bonds. The van der Waals surface area contributed by atoms with Gasteiger partial charge in [0.15, 0.2) is 5.78 Å². The van der Waals surface area contributed by atoms with Gasteiger partial charge in [0.05, 0.1) is 0 Å². The van der Waals surface area contributed by atoms with Gasteiger partial charge in [-0.1, -0.05) is 193 Å². The minimum Gasteiger partial charge on any atom is -0.289 e. The quantitative estimate of drug-likeness (QED) is 0.122. The smallest absolute Gasteiger partial charge is 0.289 e. The lowest BCUT2D eigenvalue weighted by atomic mass is 9.72. The predicted octanol–water partition coefficient (Wildman–Crippen LogP) is 13.9. The zero-order valence-corrected chi connectivity index (χ0v) is 33.0. The average Bonchev–Trinajstić information content (AvgIpc) is 3.13. The van der Waals surface area contributed by atoms with Crippen molar-refractivity contribution in [2.75, 3.05) is 0 Å². The third-order valence-corrected chi connectivity index (χ3v) is 9.99. The summed E-state index contributed by atoms with van der Waals surface area (Å²) in [7, 11) is 0. The molecule has 0 aliphatic rings. The van der Waals surface area contributed by atoms with Crippen LogP contribution in [-0.2, 0) is 10.8 Å². The molecule has 0 aliphatic heterocycles. The van der Waals surface area contributed by atoms with Crippen molar-refractivity contribution in [3.8, 4) is 0 Å². The normalized spacial score (nSPS) is 11.8. The largest absolute Gasteiger partial charge is 0.411 e. The summed E-state index contributed by atoms with van der Waals surface area (Å²) in [5, 5.41) is 0. The molecule has 0 N–H and O–H groups in total. The minimum atomic E-state index is -5.53. The van der Waals surface area contributed by atoms with E-state index >= 15 is 0 Å². The first-order valence-corrected chi connectivity index (χ1v) is 18.3. The van der Waals surface area contributed by atoms with E-state index in [4.69, 9.17) is 0 Å². The van der Waals surface area contributed by atoms with E-state index in [9.17, 15) is 31.1 Å². The van der Waals surface area contributed by atoms with Gasteiger partial charge in [-0.3, -0.25) is 4.79 Å². The number of rotatable bonds is 6. The maximum atomic E-state index is 13.7. The Balaban J connectivity index is 0.000000190. The fourth-order valence-corrected chi connectivity index (χ4v) is 6.27. The number of halogens is 6. The van der Waals surface area contributed by atoms with Crippen LogP contribution in [0.1, 0.15) is 85.4 Å². The molecule has 6 aromatic rings. The lowest BCUT2D eigenvalue weighted by Gasteiger charge is -2.38. The number of aryl methyl sites for hydroxylation is 6. The number of hydrogen-bond donors (Lipinski definition) is 0. The van der Waals surface area contributed by atoms with Gasteiger partial charge >= 0.3 is 12.4 Å². The molecule has 6 rings (SSSR count). The molecule has 7 heteroatoms. The first-order valence-electron chi connectivity index (χ1n) is 18.3. The number of carbonyl (C=O) groups is 1. The molecule has 0 aliphatic carbocycles. The van der Waals surface area contributed by atoms with Crippen molar-refractivity contribution in [2.45, 2.75) is 78.6 Å². The van der Waals surface area contributed by atoms with E-state index in [2.05, 4.69) is 76.2 Å². The van der Waals surface area contributed by atoms with E-state index in [0.29, 0.717) is 11.1 Å². The zero-order chi connectivity index (χ0) is 41.5. The Labute approximate surface area is 327 Å². The van der Waals surface area contributed by atoms with Crippen molar-refractivity contribution < 1.29 is 31.1 Å². The third-order valence-electron chi connectivity index (χ3n) is 9.99. The SMILES string of the molecule is Cc1ccc(C(=O)c2ccc(C)cc2)cc1.Cc1ccc(C(C)(C)c2ccc(C)cc2)cc1.Cc1ccc(C(c2ccc(C)cc2)(C(F)(F)F)C(F)(F)F)cc1. The van der Waals surface area contributed by atoms with Crippen LogP contribution in [0.3, 0.4) is 0 Å². The second-order valence-electron chi connectivity index (χ2n) is 14.9. The first-order chi connectivity index (χ1) is 26.2. The van der Waals surface area contributed by atoms with E-state index < -0.39 is 28.9 Å². The molecule has 292 valence electrons. The van der Waals surface area contributed by atoms with Gasteiger partial charge in [0.1, 0.15) is 0 Å². The molecule has 56 heavy (non-hydrogen) atoms. The van der Waals surface area contributed by atoms with Gasteiger partial charge in [0, 0.05) is 16.5 Å². The molecule has 0 saturated carbocycles. The molecule has 0 bridgehead atoms.